The lowest BCUT2D eigenvalue weighted by atomic mass is 10.2. The maximum Gasteiger partial charge on any atom is 0.241 e. The predicted octanol–water partition coefficient (Wildman–Crippen LogP) is 1.81. The predicted molar refractivity (Wildman–Crippen MR) is 109 cm³/mol. The van der Waals surface area contributed by atoms with Gasteiger partial charge in [-0.3, -0.25) is 4.90 Å². The summed E-state index contributed by atoms with van der Waals surface area (Å²) in [7, 11) is 1.64. The molecule has 1 aliphatic heterocycles. The maximum atomic E-state index is 5.48. The fourth-order valence-electron chi connectivity index (χ4n) is 3.64. The summed E-state index contributed by atoms with van der Waals surface area (Å²) in [5.74, 6) is 3.59. The Bertz CT molecular complexity index is 1160. The summed E-state index contributed by atoms with van der Waals surface area (Å²) in [6.45, 7) is 6.02. The number of aryl methyl sites for hydroxylation is 1. The van der Waals surface area contributed by atoms with E-state index in [2.05, 4.69) is 35.2 Å². The van der Waals surface area contributed by atoms with E-state index < -0.39 is 0 Å². The number of aromatic nitrogens is 6. The Labute approximate surface area is 173 Å². The quantitative estimate of drug-likeness (QED) is 0.491. The molecular weight excluding hydrogens is 384 g/mol. The van der Waals surface area contributed by atoms with Crippen molar-refractivity contribution in [1.82, 2.24) is 34.9 Å². The maximum absolute atomic E-state index is 5.48. The Kier molecular flexibility index (Phi) is 4.75. The molecule has 10 nitrogen and oxygen atoms in total. The molecule has 0 N–H and O–H groups in total. The van der Waals surface area contributed by atoms with Crippen molar-refractivity contribution in [2.45, 2.75) is 13.5 Å². The van der Waals surface area contributed by atoms with E-state index in [1.165, 1.54) is 0 Å². The van der Waals surface area contributed by atoms with Gasteiger partial charge >= 0.3 is 0 Å². The minimum atomic E-state index is 0.544. The summed E-state index contributed by atoms with van der Waals surface area (Å²) in [4.78, 5) is 9.13. The lowest BCUT2D eigenvalue weighted by Gasteiger charge is -2.34. The third-order valence-corrected chi connectivity index (χ3v) is 5.28. The van der Waals surface area contributed by atoms with Gasteiger partial charge in [-0.15, -0.1) is 15.3 Å². The number of methoxy groups -OCH3 is 1. The van der Waals surface area contributed by atoms with Gasteiger partial charge in [-0.2, -0.15) is 9.50 Å². The highest BCUT2D eigenvalue weighted by Crippen LogP contribution is 2.27. The van der Waals surface area contributed by atoms with Crippen LogP contribution in [0.25, 0.3) is 17.0 Å². The van der Waals surface area contributed by atoms with Crippen LogP contribution in [-0.2, 0) is 6.54 Å². The SMILES string of the molecule is COc1ccccc1-c1noc(CN2CCN(c3ccc4nnc(C)n4n3)CC2)n1. The van der Waals surface area contributed by atoms with Crippen molar-refractivity contribution in [3.8, 4) is 17.1 Å². The summed E-state index contributed by atoms with van der Waals surface area (Å²) >= 11 is 0. The molecule has 0 amide bonds. The molecular formula is C20H22N8O2. The summed E-state index contributed by atoms with van der Waals surface area (Å²) in [5, 5.41) is 17.0. The van der Waals surface area contributed by atoms with Gasteiger partial charge in [-0.1, -0.05) is 17.3 Å². The molecule has 0 unspecified atom stereocenters. The van der Waals surface area contributed by atoms with Crippen molar-refractivity contribution in [1.29, 1.82) is 0 Å². The number of rotatable bonds is 5. The van der Waals surface area contributed by atoms with Crippen molar-refractivity contribution in [3.05, 3.63) is 48.1 Å². The van der Waals surface area contributed by atoms with E-state index in [9.17, 15) is 0 Å². The molecule has 0 atom stereocenters. The number of fused-ring (bicyclic) bond motifs is 1. The zero-order valence-corrected chi connectivity index (χ0v) is 16.9. The number of hydrogen-bond acceptors (Lipinski definition) is 9. The highest BCUT2D eigenvalue weighted by atomic mass is 16.5. The van der Waals surface area contributed by atoms with E-state index in [-0.39, 0.29) is 0 Å². The third-order valence-electron chi connectivity index (χ3n) is 5.28. The third kappa shape index (κ3) is 3.45. The highest BCUT2D eigenvalue weighted by Gasteiger charge is 2.21. The molecule has 0 aliphatic carbocycles. The fraction of sp³-hybridized carbons (Fsp3) is 0.350. The van der Waals surface area contributed by atoms with E-state index in [0.29, 0.717) is 18.3 Å². The van der Waals surface area contributed by atoms with Gasteiger partial charge in [0.15, 0.2) is 11.5 Å². The molecule has 1 aromatic carbocycles. The molecule has 1 fully saturated rings. The highest BCUT2D eigenvalue weighted by molar-refractivity contribution is 5.63. The zero-order valence-electron chi connectivity index (χ0n) is 16.9. The fourth-order valence-corrected chi connectivity index (χ4v) is 3.64. The number of benzene rings is 1. The van der Waals surface area contributed by atoms with Crippen LogP contribution < -0.4 is 9.64 Å². The average molecular weight is 406 g/mol. The molecule has 1 saturated heterocycles. The van der Waals surface area contributed by atoms with E-state index in [0.717, 1.165) is 54.8 Å². The van der Waals surface area contributed by atoms with E-state index in [1.54, 1.807) is 11.6 Å². The van der Waals surface area contributed by atoms with Crippen LogP contribution in [0.15, 0.2) is 40.9 Å². The van der Waals surface area contributed by atoms with Crippen molar-refractivity contribution in [3.63, 3.8) is 0 Å². The average Bonchev–Trinajstić information content (AvgIpc) is 3.41. The number of ether oxygens (including phenoxy) is 1. The molecule has 0 bridgehead atoms. The van der Waals surface area contributed by atoms with Crippen LogP contribution in [0.3, 0.4) is 0 Å². The second-order valence-corrected chi connectivity index (χ2v) is 7.18. The molecule has 154 valence electrons. The first-order valence-electron chi connectivity index (χ1n) is 9.83. The molecule has 5 rings (SSSR count). The van der Waals surface area contributed by atoms with Crippen LogP contribution in [0.5, 0.6) is 5.75 Å². The number of nitrogens with zero attached hydrogens (tertiary/aromatic N) is 8. The molecule has 3 aromatic heterocycles. The Hall–Kier alpha value is -3.53. The Morgan fingerprint density at radius 2 is 1.87 bits per heavy atom. The first kappa shape index (κ1) is 18.5. The minimum absolute atomic E-state index is 0.544. The zero-order chi connectivity index (χ0) is 20.5. The monoisotopic (exact) mass is 406 g/mol. The first-order valence-corrected chi connectivity index (χ1v) is 9.83. The number of anilines is 1. The van der Waals surface area contributed by atoms with E-state index in [1.807, 2.05) is 43.3 Å². The Morgan fingerprint density at radius 3 is 2.70 bits per heavy atom. The van der Waals surface area contributed by atoms with Gasteiger partial charge in [0.2, 0.25) is 11.7 Å². The Morgan fingerprint density at radius 1 is 1.03 bits per heavy atom. The normalized spacial score (nSPS) is 15.1. The largest absolute Gasteiger partial charge is 0.496 e. The van der Waals surface area contributed by atoms with Crippen molar-refractivity contribution in [2.24, 2.45) is 0 Å². The molecule has 0 saturated carbocycles. The number of hydrogen-bond donors (Lipinski definition) is 0. The van der Waals surface area contributed by atoms with E-state index in [4.69, 9.17) is 9.26 Å². The van der Waals surface area contributed by atoms with Crippen molar-refractivity contribution in [2.75, 3.05) is 38.2 Å². The Balaban J connectivity index is 1.23. The van der Waals surface area contributed by atoms with Crippen LogP contribution >= 0.6 is 0 Å². The van der Waals surface area contributed by atoms with Crippen LogP contribution in [0.4, 0.5) is 5.82 Å². The second kappa shape index (κ2) is 7.71. The van der Waals surface area contributed by atoms with Gasteiger partial charge in [0.05, 0.1) is 19.2 Å². The van der Waals surface area contributed by atoms with Gasteiger partial charge < -0.3 is 14.2 Å². The lowest BCUT2D eigenvalue weighted by Crippen LogP contribution is -2.46. The molecule has 0 radical (unpaired) electrons. The van der Waals surface area contributed by atoms with Crippen molar-refractivity contribution < 1.29 is 9.26 Å². The van der Waals surface area contributed by atoms with Gasteiger partial charge in [-0.25, -0.2) is 0 Å². The van der Waals surface area contributed by atoms with Crippen LogP contribution in [0, 0.1) is 6.92 Å². The smallest absolute Gasteiger partial charge is 0.241 e. The topological polar surface area (TPSA) is 97.7 Å². The number of piperazine rings is 1. The standard InChI is InChI=1S/C20H22N8O2/c1-14-22-23-17-7-8-18(24-28(14)17)27-11-9-26(10-12-27)13-19-21-20(25-30-19)15-5-3-4-6-16(15)29-2/h3-8H,9-13H2,1-2H3. The lowest BCUT2D eigenvalue weighted by molar-refractivity contribution is 0.215. The van der Waals surface area contributed by atoms with Gasteiger partial charge in [0, 0.05) is 26.2 Å². The number of para-hydroxylation sites is 1. The molecule has 4 aromatic rings. The molecule has 1 aliphatic rings. The molecule has 10 heteroatoms. The van der Waals surface area contributed by atoms with Crippen molar-refractivity contribution >= 4 is 11.5 Å². The minimum Gasteiger partial charge on any atom is -0.496 e. The molecule has 0 spiro atoms. The second-order valence-electron chi connectivity index (χ2n) is 7.18. The van der Waals surface area contributed by atoms with Gasteiger partial charge in [0.25, 0.3) is 0 Å². The van der Waals surface area contributed by atoms with Crippen LogP contribution in [0.1, 0.15) is 11.7 Å². The van der Waals surface area contributed by atoms with Gasteiger partial charge in [-0.05, 0) is 31.2 Å². The summed E-state index contributed by atoms with van der Waals surface area (Å²) in [5.41, 5.74) is 1.59. The van der Waals surface area contributed by atoms with E-state index >= 15 is 0 Å². The van der Waals surface area contributed by atoms with Crippen LogP contribution in [0.2, 0.25) is 0 Å². The summed E-state index contributed by atoms with van der Waals surface area (Å²) in [6.07, 6.45) is 0. The van der Waals surface area contributed by atoms with Gasteiger partial charge in [0.1, 0.15) is 11.6 Å². The summed E-state index contributed by atoms with van der Waals surface area (Å²) in [6, 6.07) is 11.6. The van der Waals surface area contributed by atoms with Crippen LogP contribution in [-0.4, -0.2) is 68.1 Å². The molecule has 4 heterocycles. The summed E-state index contributed by atoms with van der Waals surface area (Å²) < 4.78 is 12.6. The first-order chi connectivity index (χ1) is 14.7. The molecule has 30 heavy (non-hydrogen) atoms.